The number of hydrogen-bond donors (Lipinski definition) is 1. The first kappa shape index (κ1) is 18.5. The van der Waals surface area contributed by atoms with E-state index in [1.165, 1.54) is 4.31 Å². The third-order valence-corrected chi connectivity index (χ3v) is 6.29. The predicted octanol–water partition coefficient (Wildman–Crippen LogP) is 1.59. The van der Waals surface area contributed by atoms with Gasteiger partial charge in [-0.05, 0) is 37.1 Å². The molecule has 3 rings (SSSR count). The van der Waals surface area contributed by atoms with Crippen LogP contribution in [0.25, 0.3) is 11.4 Å². The number of piperidine rings is 1. The van der Waals surface area contributed by atoms with Crippen molar-refractivity contribution in [1.29, 1.82) is 0 Å². The smallest absolute Gasteiger partial charge is 0.243 e. The molecule has 0 spiro atoms. The fourth-order valence-electron chi connectivity index (χ4n) is 2.85. The Hall–Kier alpha value is -2.26. The first-order chi connectivity index (χ1) is 12.5. The maximum Gasteiger partial charge on any atom is 0.243 e. The molecule has 1 aliphatic heterocycles. The Balaban J connectivity index is 1.71. The average Bonchev–Trinajstić information content (AvgIpc) is 3.16. The van der Waals surface area contributed by atoms with Gasteiger partial charge < -0.3 is 9.84 Å². The van der Waals surface area contributed by atoms with Gasteiger partial charge in [-0.2, -0.15) is 9.29 Å². The summed E-state index contributed by atoms with van der Waals surface area (Å²) in [5.41, 5.74) is 0.664. The number of amides is 1. The topological polar surface area (TPSA) is 105 Å². The van der Waals surface area contributed by atoms with Crippen LogP contribution in [0.4, 0.5) is 0 Å². The zero-order valence-electron chi connectivity index (χ0n) is 14.6. The van der Waals surface area contributed by atoms with Crippen LogP contribution >= 0.6 is 0 Å². The lowest BCUT2D eigenvalue weighted by atomic mass is 10.2. The Morgan fingerprint density at radius 1 is 1.19 bits per heavy atom. The molecule has 1 saturated heterocycles. The number of sulfonamides is 1. The molecule has 2 heterocycles. The van der Waals surface area contributed by atoms with Crippen LogP contribution < -0.4 is 5.32 Å². The van der Waals surface area contributed by atoms with E-state index in [9.17, 15) is 13.2 Å². The van der Waals surface area contributed by atoms with Crippen LogP contribution in [0.15, 0.2) is 33.7 Å². The largest absolute Gasteiger partial charge is 0.359 e. The second-order valence-electron chi connectivity index (χ2n) is 6.17. The van der Waals surface area contributed by atoms with Crippen molar-refractivity contribution >= 4 is 15.9 Å². The predicted molar refractivity (Wildman–Crippen MR) is 94.7 cm³/mol. The van der Waals surface area contributed by atoms with E-state index in [0.717, 1.165) is 19.3 Å². The zero-order chi connectivity index (χ0) is 18.6. The van der Waals surface area contributed by atoms with Crippen molar-refractivity contribution < 1.29 is 17.7 Å². The van der Waals surface area contributed by atoms with Crippen molar-refractivity contribution in [2.45, 2.75) is 37.0 Å². The van der Waals surface area contributed by atoms with Gasteiger partial charge in [0.25, 0.3) is 0 Å². The van der Waals surface area contributed by atoms with Crippen molar-refractivity contribution in [1.82, 2.24) is 19.8 Å². The third kappa shape index (κ3) is 4.10. The second kappa shape index (κ2) is 7.96. The van der Waals surface area contributed by atoms with Crippen LogP contribution in [0, 0.1) is 0 Å². The van der Waals surface area contributed by atoms with Gasteiger partial charge in [0, 0.05) is 38.5 Å². The Morgan fingerprint density at radius 3 is 2.54 bits per heavy atom. The lowest BCUT2D eigenvalue weighted by Crippen LogP contribution is -2.35. The fraction of sp³-hybridized carbons (Fsp3) is 0.471. The summed E-state index contributed by atoms with van der Waals surface area (Å²) in [6.45, 7) is 1.15. The van der Waals surface area contributed by atoms with E-state index >= 15 is 0 Å². The summed E-state index contributed by atoms with van der Waals surface area (Å²) in [6, 6.07) is 6.48. The van der Waals surface area contributed by atoms with E-state index in [-0.39, 0.29) is 17.2 Å². The lowest BCUT2D eigenvalue weighted by Gasteiger charge is -2.25. The van der Waals surface area contributed by atoms with Gasteiger partial charge >= 0.3 is 0 Å². The van der Waals surface area contributed by atoms with Gasteiger partial charge in [-0.3, -0.25) is 4.79 Å². The normalized spacial score (nSPS) is 15.7. The highest BCUT2D eigenvalue weighted by Gasteiger charge is 2.25. The minimum atomic E-state index is -3.45. The number of carbonyl (C=O) groups excluding carboxylic acids is 1. The number of nitrogens with one attached hydrogen (secondary N) is 1. The van der Waals surface area contributed by atoms with Crippen LogP contribution in [0.1, 0.15) is 31.6 Å². The van der Waals surface area contributed by atoms with Crippen LogP contribution in [0.3, 0.4) is 0 Å². The molecule has 8 nitrogen and oxygen atoms in total. The van der Waals surface area contributed by atoms with E-state index in [2.05, 4.69) is 15.5 Å². The first-order valence-corrected chi connectivity index (χ1v) is 10.1. The first-order valence-electron chi connectivity index (χ1n) is 8.64. The Bertz CT molecular complexity index is 855. The van der Waals surface area contributed by atoms with Crippen molar-refractivity contribution in [3.63, 3.8) is 0 Å². The molecule has 1 fully saturated rings. The van der Waals surface area contributed by atoms with Crippen molar-refractivity contribution in [3.8, 4) is 11.4 Å². The molecule has 0 radical (unpaired) electrons. The summed E-state index contributed by atoms with van der Waals surface area (Å²) < 4.78 is 32.0. The molecule has 1 aromatic carbocycles. The molecule has 9 heteroatoms. The molecule has 1 amide bonds. The highest BCUT2D eigenvalue weighted by Crippen LogP contribution is 2.23. The minimum absolute atomic E-state index is 0.1000. The monoisotopic (exact) mass is 378 g/mol. The lowest BCUT2D eigenvalue weighted by molar-refractivity contribution is -0.120. The molecule has 0 bridgehead atoms. The summed E-state index contributed by atoms with van der Waals surface area (Å²) in [7, 11) is -1.88. The van der Waals surface area contributed by atoms with E-state index in [0.29, 0.717) is 36.8 Å². The van der Waals surface area contributed by atoms with Crippen molar-refractivity contribution in [2.75, 3.05) is 20.1 Å². The zero-order valence-corrected chi connectivity index (χ0v) is 15.5. The van der Waals surface area contributed by atoms with Gasteiger partial charge in [-0.25, -0.2) is 8.42 Å². The summed E-state index contributed by atoms with van der Waals surface area (Å²) >= 11 is 0. The minimum Gasteiger partial charge on any atom is -0.359 e. The van der Waals surface area contributed by atoms with Crippen molar-refractivity contribution in [3.05, 3.63) is 30.2 Å². The maximum absolute atomic E-state index is 12.7. The molecule has 1 aliphatic rings. The number of aryl methyl sites for hydroxylation is 1. The van der Waals surface area contributed by atoms with Crippen LogP contribution in [0.5, 0.6) is 0 Å². The molecular formula is C17H22N4O4S. The van der Waals surface area contributed by atoms with Gasteiger partial charge in [0.2, 0.25) is 27.6 Å². The standard InChI is InChI=1S/C17H22N4O4S/c1-18-15(22)9-10-16-19-17(20-25-16)13-5-7-14(8-6-13)26(23,24)21-11-3-2-4-12-21/h5-8H,2-4,9-12H2,1H3,(H,18,22). The highest BCUT2D eigenvalue weighted by molar-refractivity contribution is 7.89. The highest BCUT2D eigenvalue weighted by atomic mass is 32.2. The molecule has 140 valence electrons. The summed E-state index contributed by atoms with van der Waals surface area (Å²) in [5, 5.41) is 6.43. The number of hydrogen-bond acceptors (Lipinski definition) is 6. The average molecular weight is 378 g/mol. The van der Waals surface area contributed by atoms with E-state index in [1.807, 2.05) is 0 Å². The molecule has 0 aliphatic carbocycles. The van der Waals surface area contributed by atoms with E-state index in [4.69, 9.17) is 4.52 Å². The summed E-state index contributed by atoms with van der Waals surface area (Å²) in [6.07, 6.45) is 3.50. The molecular weight excluding hydrogens is 356 g/mol. The number of aromatic nitrogens is 2. The number of nitrogens with zero attached hydrogens (tertiary/aromatic N) is 3. The number of benzene rings is 1. The molecule has 1 aromatic heterocycles. The molecule has 0 atom stereocenters. The SMILES string of the molecule is CNC(=O)CCc1nc(-c2ccc(S(=O)(=O)N3CCCCC3)cc2)no1. The second-order valence-corrected chi connectivity index (χ2v) is 8.11. The van der Waals surface area contributed by atoms with Gasteiger partial charge in [0.1, 0.15) is 0 Å². The van der Waals surface area contributed by atoms with Gasteiger partial charge in [-0.1, -0.05) is 11.6 Å². The Morgan fingerprint density at radius 2 is 1.88 bits per heavy atom. The van der Waals surface area contributed by atoms with Crippen LogP contribution in [0.2, 0.25) is 0 Å². The third-order valence-electron chi connectivity index (χ3n) is 4.38. The summed E-state index contributed by atoms with van der Waals surface area (Å²) in [5.74, 6) is 0.643. The van der Waals surface area contributed by atoms with Crippen molar-refractivity contribution in [2.24, 2.45) is 0 Å². The molecule has 0 saturated carbocycles. The number of carbonyl (C=O) groups is 1. The molecule has 26 heavy (non-hydrogen) atoms. The molecule has 2 aromatic rings. The summed E-state index contributed by atoms with van der Waals surface area (Å²) in [4.78, 5) is 15.8. The van der Waals surface area contributed by atoms with Crippen LogP contribution in [-0.2, 0) is 21.2 Å². The van der Waals surface area contributed by atoms with Gasteiger partial charge in [-0.15, -0.1) is 0 Å². The van der Waals surface area contributed by atoms with Gasteiger partial charge in [0.15, 0.2) is 0 Å². The van der Waals surface area contributed by atoms with E-state index < -0.39 is 10.0 Å². The van der Waals surface area contributed by atoms with Gasteiger partial charge in [0.05, 0.1) is 4.90 Å². The number of rotatable bonds is 6. The fourth-order valence-corrected chi connectivity index (χ4v) is 4.37. The Kier molecular flexibility index (Phi) is 5.67. The quantitative estimate of drug-likeness (QED) is 0.818. The molecule has 1 N–H and O–H groups in total. The van der Waals surface area contributed by atoms with Crippen LogP contribution in [-0.4, -0.2) is 48.9 Å². The Labute approximate surface area is 152 Å². The maximum atomic E-state index is 12.7. The van der Waals surface area contributed by atoms with E-state index in [1.54, 1.807) is 31.3 Å². The molecule has 0 unspecified atom stereocenters.